The number of imidazole rings is 1. The molecular weight excluding hydrogens is 541 g/mol. The quantitative estimate of drug-likeness (QED) is 0.390. The molecule has 3 heterocycles. The molecule has 3 aromatic rings. The number of amides is 2. The minimum atomic E-state index is -3.85. The van der Waals surface area contributed by atoms with Gasteiger partial charge in [-0.05, 0) is 36.4 Å². The van der Waals surface area contributed by atoms with Gasteiger partial charge in [-0.1, -0.05) is 18.5 Å². The minimum absolute atomic E-state index is 0.0128. The molecule has 13 heteroatoms. The van der Waals surface area contributed by atoms with E-state index in [9.17, 15) is 22.4 Å². The van der Waals surface area contributed by atoms with E-state index in [0.29, 0.717) is 17.3 Å². The van der Waals surface area contributed by atoms with Gasteiger partial charge in [0.2, 0.25) is 10.0 Å². The second kappa shape index (κ2) is 11.0. The Morgan fingerprint density at radius 2 is 2.14 bits per heavy atom. The molecule has 2 aromatic heterocycles. The van der Waals surface area contributed by atoms with Crippen LogP contribution in [0.4, 0.5) is 10.1 Å². The van der Waals surface area contributed by atoms with Crippen LogP contribution in [0.5, 0.6) is 0 Å². The number of rotatable bonds is 10. The molecule has 9 nitrogen and oxygen atoms in total. The van der Waals surface area contributed by atoms with Crippen molar-refractivity contribution >= 4 is 50.5 Å². The molecule has 0 fully saturated rings. The molecule has 2 N–H and O–H groups in total. The third-order valence-corrected chi connectivity index (χ3v) is 8.80. The molecule has 37 heavy (non-hydrogen) atoms. The molecule has 0 bridgehead atoms. The fourth-order valence-electron chi connectivity index (χ4n) is 3.90. The number of H-pyrrole nitrogens is 1. The van der Waals surface area contributed by atoms with E-state index in [2.05, 4.69) is 14.7 Å². The summed E-state index contributed by atoms with van der Waals surface area (Å²) in [4.78, 5) is 35.9. The van der Waals surface area contributed by atoms with Crippen molar-refractivity contribution < 1.29 is 22.4 Å². The monoisotopic (exact) mass is 565 g/mol. The number of thiophene rings is 1. The molecule has 1 atom stereocenters. The van der Waals surface area contributed by atoms with Crippen molar-refractivity contribution in [3.05, 3.63) is 80.9 Å². The van der Waals surface area contributed by atoms with Crippen LogP contribution in [0.1, 0.15) is 33.8 Å². The van der Waals surface area contributed by atoms with Crippen LogP contribution in [0, 0.1) is 5.82 Å². The van der Waals surface area contributed by atoms with Crippen LogP contribution in [0.15, 0.2) is 54.6 Å². The fraction of sp³-hybridized carbons (Fsp3) is 0.292. The van der Waals surface area contributed by atoms with Gasteiger partial charge in [0.05, 0.1) is 22.1 Å². The van der Waals surface area contributed by atoms with Crippen LogP contribution in [0.2, 0.25) is 4.34 Å². The molecule has 196 valence electrons. The highest BCUT2D eigenvalue weighted by Gasteiger charge is 2.31. The third kappa shape index (κ3) is 6.38. The van der Waals surface area contributed by atoms with Gasteiger partial charge in [0, 0.05) is 54.8 Å². The number of sulfonamides is 1. The highest BCUT2D eigenvalue weighted by atomic mass is 35.5. The van der Waals surface area contributed by atoms with Crippen molar-refractivity contribution in [2.45, 2.75) is 19.3 Å². The zero-order chi connectivity index (χ0) is 26.7. The van der Waals surface area contributed by atoms with Gasteiger partial charge in [-0.3, -0.25) is 14.3 Å². The Hall–Kier alpha value is -3.22. The van der Waals surface area contributed by atoms with Gasteiger partial charge >= 0.3 is 0 Å². The number of nitrogens with one attached hydrogen (secondary N) is 2. The Morgan fingerprint density at radius 3 is 2.78 bits per heavy atom. The van der Waals surface area contributed by atoms with E-state index in [1.54, 1.807) is 38.6 Å². The maximum absolute atomic E-state index is 15.0. The van der Waals surface area contributed by atoms with Gasteiger partial charge in [-0.15, -0.1) is 11.3 Å². The van der Waals surface area contributed by atoms with E-state index in [1.807, 2.05) is 0 Å². The Bertz CT molecular complexity index is 1440. The molecule has 1 aromatic carbocycles. The summed E-state index contributed by atoms with van der Waals surface area (Å²) in [6, 6.07) is 7.33. The number of benzene rings is 1. The first-order chi connectivity index (χ1) is 17.5. The maximum atomic E-state index is 15.0. The van der Waals surface area contributed by atoms with E-state index in [0.717, 1.165) is 21.5 Å². The lowest BCUT2D eigenvalue weighted by Gasteiger charge is -2.20. The second-order valence-electron chi connectivity index (χ2n) is 8.68. The Kier molecular flexibility index (Phi) is 8.00. The molecule has 0 saturated carbocycles. The second-order valence-corrected chi connectivity index (χ2v) is 12.2. The van der Waals surface area contributed by atoms with Gasteiger partial charge < -0.3 is 14.8 Å². The summed E-state index contributed by atoms with van der Waals surface area (Å²) >= 11 is 7.23. The maximum Gasteiger partial charge on any atom is 0.275 e. The number of hydrogen-bond acceptors (Lipinski definition) is 6. The SMILES string of the molecule is CC(CS(=O)(=O)NC1=CCN(c2ccc(C(=O)N(C)CCc3cnc[nH]3)cc2F)C1=O)c1ccc(Cl)s1. The predicted molar refractivity (Wildman–Crippen MR) is 141 cm³/mol. The normalized spacial score (nSPS) is 14.5. The van der Waals surface area contributed by atoms with Gasteiger partial charge in [0.25, 0.3) is 11.8 Å². The summed E-state index contributed by atoms with van der Waals surface area (Å²) in [7, 11) is -2.24. The van der Waals surface area contributed by atoms with Crippen LogP contribution in [-0.4, -0.2) is 61.0 Å². The lowest BCUT2D eigenvalue weighted by molar-refractivity contribution is -0.114. The predicted octanol–water partition coefficient (Wildman–Crippen LogP) is 3.53. The molecule has 1 unspecified atom stereocenters. The Morgan fingerprint density at radius 1 is 1.35 bits per heavy atom. The van der Waals surface area contributed by atoms with Gasteiger partial charge in [-0.2, -0.15) is 0 Å². The number of halogens is 2. The summed E-state index contributed by atoms with van der Waals surface area (Å²) in [5, 5.41) is 0. The molecule has 0 spiro atoms. The number of hydrogen-bond donors (Lipinski definition) is 2. The number of likely N-dealkylation sites (N-methyl/N-ethyl adjacent to an activating group) is 1. The smallest absolute Gasteiger partial charge is 0.275 e. The number of carbonyl (C=O) groups is 2. The van der Waals surface area contributed by atoms with Crippen LogP contribution < -0.4 is 9.62 Å². The van der Waals surface area contributed by atoms with Crippen molar-refractivity contribution in [2.75, 3.05) is 30.8 Å². The zero-order valence-electron chi connectivity index (χ0n) is 20.1. The van der Waals surface area contributed by atoms with Gasteiger partial charge in [0.1, 0.15) is 11.5 Å². The van der Waals surface area contributed by atoms with Crippen LogP contribution in [-0.2, 0) is 21.2 Å². The lowest BCUT2D eigenvalue weighted by Crippen LogP contribution is -2.35. The van der Waals surface area contributed by atoms with E-state index in [-0.39, 0.29) is 41.1 Å². The number of anilines is 1. The third-order valence-electron chi connectivity index (χ3n) is 5.87. The first-order valence-electron chi connectivity index (χ1n) is 11.3. The highest BCUT2D eigenvalue weighted by molar-refractivity contribution is 7.89. The van der Waals surface area contributed by atoms with E-state index in [1.165, 1.54) is 34.4 Å². The van der Waals surface area contributed by atoms with Crippen LogP contribution in [0.3, 0.4) is 0 Å². The molecule has 0 aliphatic carbocycles. The average Bonchev–Trinajstić information content (AvgIpc) is 3.59. The number of aromatic amines is 1. The average molecular weight is 566 g/mol. The van der Waals surface area contributed by atoms with Crippen LogP contribution in [0.25, 0.3) is 0 Å². The van der Waals surface area contributed by atoms with Crippen molar-refractivity contribution in [1.82, 2.24) is 19.6 Å². The van der Waals surface area contributed by atoms with Crippen LogP contribution >= 0.6 is 22.9 Å². The summed E-state index contributed by atoms with van der Waals surface area (Å²) in [5.41, 5.74) is 0.817. The first-order valence-corrected chi connectivity index (χ1v) is 14.2. The minimum Gasteiger partial charge on any atom is -0.348 e. The van der Waals surface area contributed by atoms with Gasteiger partial charge in [0.15, 0.2) is 0 Å². The van der Waals surface area contributed by atoms with Crippen molar-refractivity contribution in [3.63, 3.8) is 0 Å². The highest BCUT2D eigenvalue weighted by Crippen LogP contribution is 2.29. The summed E-state index contributed by atoms with van der Waals surface area (Å²) in [6.07, 6.45) is 5.18. The lowest BCUT2D eigenvalue weighted by atomic mass is 10.1. The Labute approximate surface area is 223 Å². The molecule has 2 amide bonds. The number of aromatic nitrogens is 2. The molecule has 1 aliphatic heterocycles. The Balaban J connectivity index is 1.38. The zero-order valence-corrected chi connectivity index (χ0v) is 22.5. The first kappa shape index (κ1) is 26.8. The van der Waals surface area contributed by atoms with Crippen molar-refractivity contribution in [1.29, 1.82) is 0 Å². The van der Waals surface area contributed by atoms with Crippen molar-refractivity contribution in [3.8, 4) is 0 Å². The molecule has 0 saturated heterocycles. The van der Waals surface area contributed by atoms with E-state index >= 15 is 0 Å². The number of nitrogens with zero attached hydrogens (tertiary/aromatic N) is 3. The topological polar surface area (TPSA) is 115 Å². The molecule has 1 aliphatic rings. The summed E-state index contributed by atoms with van der Waals surface area (Å²) < 4.78 is 43.2. The number of carbonyl (C=O) groups excluding carboxylic acids is 2. The summed E-state index contributed by atoms with van der Waals surface area (Å²) in [5.74, 6) is -2.38. The molecular formula is C24H25ClFN5O4S2. The van der Waals surface area contributed by atoms with Gasteiger partial charge in [-0.25, -0.2) is 17.8 Å². The largest absolute Gasteiger partial charge is 0.348 e. The molecule has 0 radical (unpaired) electrons. The standard InChI is InChI=1S/C24H25ClFN5O4S2/c1-15(21-5-6-22(25)36-21)13-37(34,35)29-19-8-10-31(24(19)33)20-4-3-16(11-18(20)26)23(32)30(2)9-7-17-12-27-14-28-17/h3-6,8,11-12,14-15,29H,7,9-10,13H2,1-2H3,(H,27,28). The summed E-state index contributed by atoms with van der Waals surface area (Å²) in [6.45, 7) is 2.15. The van der Waals surface area contributed by atoms with Crippen molar-refractivity contribution in [2.24, 2.45) is 0 Å². The van der Waals surface area contributed by atoms with E-state index < -0.39 is 21.7 Å². The van der Waals surface area contributed by atoms with E-state index in [4.69, 9.17) is 11.6 Å². The fourth-order valence-corrected chi connectivity index (χ4v) is 6.54. The molecule has 4 rings (SSSR count).